The lowest BCUT2D eigenvalue weighted by Crippen LogP contribution is -2.28. The molecule has 82 valence electrons. The van der Waals surface area contributed by atoms with E-state index in [1.807, 2.05) is 32.0 Å². The zero-order valence-electron chi connectivity index (χ0n) is 9.18. The Balaban J connectivity index is 3.01. The van der Waals surface area contributed by atoms with Gasteiger partial charge >= 0.3 is 0 Å². The fraction of sp³-hybridized carbons (Fsp3) is 0.333. The molecule has 0 amide bonds. The van der Waals surface area contributed by atoms with Crippen molar-refractivity contribution >= 4 is 11.6 Å². The summed E-state index contributed by atoms with van der Waals surface area (Å²) in [5, 5.41) is 0.773. The summed E-state index contributed by atoms with van der Waals surface area (Å²) in [6.45, 7) is 7.88. The summed E-state index contributed by atoms with van der Waals surface area (Å²) in [5.41, 5.74) is 6.10. The molecule has 0 aliphatic heterocycles. The Morgan fingerprint density at radius 1 is 1.60 bits per heavy atom. The molecule has 15 heavy (non-hydrogen) atoms. The van der Waals surface area contributed by atoms with Gasteiger partial charge in [-0.3, -0.25) is 11.3 Å². The fourth-order valence-corrected chi connectivity index (χ4v) is 1.79. The van der Waals surface area contributed by atoms with Gasteiger partial charge in [0.05, 0.1) is 0 Å². The lowest BCUT2D eigenvalue weighted by Gasteiger charge is -2.19. The molecule has 0 radical (unpaired) electrons. The summed E-state index contributed by atoms with van der Waals surface area (Å²) in [6, 6.07) is 5.94. The maximum Gasteiger partial charge on any atom is 0.0499 e. The molecule has 0 fully saturated rings. The average molecular weight is 225 g/mol. The van der Waals surface area contributed by atoms with E-state index in [9.17, 15) is 0 Å². The minimum atomic E-state index is 0.0844. The van der Waals surface area contributed by atoms with Gasteiger partial charge in [-0.05, 0) is 37.5 Å². The van der Waals surface area contributed by atoms with E-state index in [4.69, 9.17) is 17.4 Å². The van der Waals surface area contributed by atoms with Crippen LogP contribution in [0.25, 0.3) is 0 Å². The number of benzene rings is 1. The van der Waals surface area contributed by atoms with Crippen LogP contribution < -0.4 is 11.3 Å². The van der Waals surface area contributed by atoms with E-state index in [1.54, 1.807) is 0 Å². The van der Waals surface area contributed by atoms with Crippen LogP contribution in [0.3, 0.4) is 0 Å². The molecule has 1 unspecified atom stereocenters. The number of halogens is 1. The summed E-state index contributed by atoms with van der Waals surface area (Å²) >= 11 is 6.06. The van der Waals surface area contributed by atoms with Gasteiger partial charge in [0, 0.05) is 11.1 Å². The van der Waals surface area contributed by atoms with Crippen LogP contribution in [0.4, 0.5) is 0 Å². The van der Waals surface area contributed by atoms with Crippen LogP contribution in [0.5, 0.6) is 0 Å². The van der Waals surface area contributed by atoms with Crippen molar-refractivity contribution in [3.63, 3.8) is 0 Å². The van der Waals surface area contributed by atoms with Crippen molar-refractivity contribution in [1.82, 2.24) is 5.43 Å². The quantitative estimate of drug-likeness (QED) is 0.469. The first-order valence-electron chi connectivity index (χ1n) is 4.91. The largest absolute Gasteiger partial charge is 0.271 e. The maximum atomic E-state index is 6.06. The van der Waals surface area contributed by atoms with Crippen molar-refractivity contribution in [3.8, 4) is 0 Å². The van der Waals surface area contributed by atoms with E-state index in [1.165, 1.54) is 0 Å². The van der Waals surface area contributed by atoms with E-state index >= 15 is 0 Å². The summed E-state index contributed by atoms with van der Waals surface area (Å²) in [6.07, 6.45) is 0.817. The van der Waals surface area contributed by atoms with Crippen molar-refractivity contribution in [1.29, 1.82) is 0 Å². The molecule has 1 aromatic carbocycles. The first-order chi connectivity index (χ1) is 7.06. The molecule has 0 saturated heterocycles. The normalized spacial score (nSPS) is 12.5. The van der Waals surface area contributed by atoms with Crippen molar-refractivity contribution < 1.29 is 0 Å². The molecule has 3 heteroatoms. The topological polar surface area (TPSA) is 38.0 Å². The Bertz CT molecular complexity index is 361. The van der Waals surface area contributed by atoms with Gasteiger partial charge in [0.1, 0.15) is 0 Å². The number of rotatable bonds is 4. The number of nitrogens with two attached hydrogens (primary N) is 1. The Morgan fingerprint density at radius 2 is 2.27 bits per heavy atom. The predicted octanol–water partition coefficient (Wildman–Crippen LogP) is 3.12. The first kappa shape index (κ1) is 12.2. The van der Waals surface area contributed by atoms with Crippen molar-refractivity contribution in [2.24, 2.45) is 5.84 Å². The maximum absolute atomic E-state index is 6.06. The fourth-order valence-electron chi connectivity index (χ4n) is 1.61. The Kier molecular flexibility index (Phi) is 4.33. The molecule has 0 saturated carbocycles. The Labute approximate surface area is 96.1 Å². The third kappa shape index (κ3) is 3.06. The molecule has 0 aliphatic rings. The third-order valence-electron chi connectivity index (χ3n) is 2.44. The molecule has 3 N–H and O–H groups in total. The predicted molar refractivity (Wildman–Crippen MR) is 65.7 cm³/mol. The number of hydrogen-bond acceptors (Lipinski definition) is 2. The van der Waals surface area contributed by atoms with Crippen molar-refractivity contribution in [2.45, 2.75) is 26.3 Å². The van der Waals surface area contributed by atoms with E-state index in [0.29, 0.717) is 0 Å². The van der Waals surface area contributed by atoms with Gasteiger partial charge in [0.15, 0.2) is 0 Å². The Hall–Kier alpha value is -0.830. The highest BCUT2D eigenvalue weighted by molar-refractivity contribution is 6.31. The Morgan fingerprint density at radius 3 is 2.80 bits per heavy atom. The monoisotopic (exact) mass is 224 g/mol. The lowest BCUT2D eigenvalue weighted by atomic mass is 9.97. The van der Waals surface area contributed by atoms with Crippen molar-refractivity contribution in [2.75, 3.05) is 0 Å². The van der Waals surface area contributed by atoms with Gasteiger partial charge in [0.25, 0.3) is 0 Å². The second-order valence-electron chi connectivity index (χ2n) is 3.83. The van der Waals surface area contributed by atoms with E-state index in [0.717, 1.165) is 28.1 Å². The van der Waals surface area contributed by atoms with Gasteiger partial charge in [-0.1, -0.05) is 29.3 Å². The zero-order valence-corrected chi connectivity index (χ0v) is 9.93. The smallest absolute Gasteiger partial charge is 0.0499 e. The van der Waals surface area contributed by atoms with Crippen LogP contribution >= 0.6 is 11.6 Å². The van der Waals surface area contributed by atoms with E-state index in [2.05, 4.69) is 12.0 Å². The average Bonchev–Trinajstić information content (AvgIpc) is 2.19. The number of nitrogens with one attached hydrogen (secondary N) is 1. The minimum Gasteiger partial charge on any atom is -0.271 e. The molecule has 0 spiro atoms. The van der Waals surface area contributed by atoms with Crippen LogP contribution in [0.1, 0.15) is 30.5 Å². The lowest BCUT2D eigenvalue weighted by molar-refractivity contribution is 0.548. The van der Waals surface area contributed by atoms with E-state index < -0.39 is 0 Å². The summed E-state index contributed by atoms with van der Waals surface area (Å²) in [4.78, 5) is 0. The minimum absolute atomic E-state index is 0.0844. The molecule has 0 bridgehead atoms. The number of hydrazine groups is 1. The molecule has 0 heterocycles. The summed E-state index contributed by atoms with van der Waals surface area (Å²) < 4.78 is 0. The standard InChI is InChI=1S/C12H17ClN2/c1-8(2)7-12(15-14)10-5-4-6-11(13)9(10)3/h4-6,12,15H,1,7,14H2,2-3H3. The van der Waals surface area contributed by atoms with Gasteiger partial charge in [-0.2, -0.15) is 0 Å². The van der Waals surface area contributed by atoms with Crippen LogP contribution in [-0.2, 0) is 0 Å². The molecular formula is C12H17ClN2. The van der Waals surface area contributed by atoms with Crippen LogP contribution in [0, 0.1) is 6.92 Å². The molecule has 1 rings (SSSR count). The second-order valence-corrected chi connectivity index (χ2v) is 4.24. The molecule has 0 aromatic heterocycles. The van der Waals surface area contributed by atoms with Crippen LogP contribution in [0.15, 0.2) is 30.4 Å². The second kappa shape index (κ2) is 5.31. The first-order valence-corrected chi connectivity index (χ1v) is 5.29. The highest BCUT2D eigenvalue weighted by Crippen LogP contribution is 2.27. The molecule has 1 atom stereocenters. The van der Waals surface area contributed by atoms with Gasteiger partial charge < -0.3 is 0 Å². The molecule has 0 aliphatic carbocycles. The van der Waals surface area contributed by atoms with Gasteiger partial charge in [-0.15, -0.1) is 6.58 Å². The van der Waals surface area contributed by atoms with Crippen molar-refractivity contribution in [3.05, 3.63) is 46.5 Å². The molecule has 1 aromatic rings. The third-order valence-corrected chi connectivity index (χ3v) is 2.85. The van der Waals surface area contributed by atoms with Gasteiger partial charge in [0.2, 0.25) is 0 Å². The zero-order chi connectivity index (χ0) is 11.4. The summed E-state index contributed by atoms with van der Waals surface area (Å²) in [7, 11) is 0. The van der Waals surface area contributed by atoms with Gasteiger partial charge in [-0.25, -0.2) is 0 Å². The highest BCUT2D eigenvalue weighted by atomic mass is 35.5. The molecular weight excluding hydrogens is 208 g/mol. The SMILES string of the molecule is C=C(C)CC(NN)c1cccc(Cl)c1C. The highest BCUT2D eigenvalue weighted by Gasteiger charge is 2.13. The van der Waals surface area contributed by atoms with E-state index in [-0.39, 0.29) is 6.04 Å². The molecule has 2 nitrogen and oxygen atoms in total. The van der Waals surface area contributed by atoms with Crippen LogP contribution in [-0.4, -0.2) is 0 Å². The summed E-state index contributed by atoms with van der Waals surface area (Å²) in [5.74, 6) is 5.54. The number of hydrogen-bond donors (Lipinski definition) is 2. The van der Waals surface area contributed by atoms with Crippen LogP contribution in [0.2, 0.25) is 5.02 Å².